The quantitative estimate of drug-likeness (QED) is 0.844. The van der Waals surface area contributed by atoms with Crippen molar-refractivity contribution in [3.05, 3.63) is 18.6 Å². The minimum atomic E-state index is -0.294. The Bertz CT molecular complexity index is 471. The van der Waals surface area contributed by atoms with Crippen molar-refractivity contribution in [1.82, 2.24) is 15.4 Å². The van der Waals surface area contributed by atoms with Gasteiger partial charge in [-0.25, -0.2) is 15.3 Å². The first-order chi connectivity index (χ1) is 10.8. The highest BCUT2D eigenvalue weighted by molar-refractivity contribution is 5.77. The molecular weight excluding hydrogens is 284 g/mol. The predicted octanol–water partition coefficient (Wildman–Crippen LogP) is 1.27. The number of ether oxygens (including phenoxy) is 1. The molecule has 2 aliphatic heterocycles. The van der Waals surface area contributed by atoms with E-state index in [1.807, 2.05) is 0 Å². The van der Waals surface area contributed by atoms with E-state index in [9.17, 15) is 4.79 Å². The number of carbonyl (C=O) groups is 1. The molecule has 3 heterocycles. The van der Waals surface area contributed by atoms with Crippen LogP contribution in [0.2, 0.25) is 0 Å². The number of hydrogen-bond donors (Lipinski definition) is 1. The molecule has 0 aliphatic carbocycles. The van der Waals surface area contributed by atoms with E-state index in [0.29, 0.717) is 6.61 Å². The lowest BCUT2D eigenvalue weighted by atomic mass is 9.96. The maximum Gasteiger partial charge on any atom is 0.246 e. The summed E-state index contributed by atoms with van der Waals surface area (Å²) in [5, 5.41) is 0. The summed E-state index contributed by atoms with van der Waals surface area (Å²) in [4.78, 5) is 28.0. The van der Waals surface area contributed by atoms with Gasteiger partial charge < -0.3 is 9.64 Å². The second kappa shape index (κ2) is 7.51. The van der Waals surface area contributed by atoms with E-state index in [-0.39, 0.29) is 18.1 Å². The fraction of sp³-hybridized carbons (Fsp3) is 0.667. The third-order valence-electron chi connectivity index (χ3n) is 4.17. The SMILES string of the molecule is O=C(NOC1CCCCO1)C1CCN(c2cnccn2)CC1. The average molecular weight is 306 g/mol. The number of piperidine rings is 1. The lowest BCUT2D eigenvalue weighted by Crippen LogP contribution is -2.42. The van der Waals surface area contributed by atoms with E-state index in [2.05, 4.69) is 20.3 Å². The number of carbonyl (C=O) groups excluding carboxylic acids is 1. The molecule has 0 saturated carbocycles. The van der Waals surface area contributed by atoms with Crippen molar-refractivity contribution in [1.29, 1.82) is 0 Å². The van der Waals surface area contributed by atoms with Crippen LogP contribution in [0, 0.1) is 5.92 Å². The van der Waals surface area contributed by atoms with Crippen LogP contribution in [0.15, 0.2) is 18.6 Å². The topological polar surface area (TPSA) is 76.6 Å². The Morgan fingerprint density at radius 2 is 2.14 bits per heavy atom. The lowest BCUT2D eigenvalue weighted by Gasteiger charge is -2.32. The molecule has 1 aromatic rings. The first-order valence-electron chi connectivity index (χ1n) is 7.91. The van der Waals surface area contributed by atoms with Gasteiger partial charge in [0.05, 0.1) is 6.20 Å². The molecule has 120 valence electrons. The van der Waals surface area contributed by atoms with Crippen LogP contribution in [0.5, 0.6) is 0 Å². The molecular formula is C15H22N4O3. The van der Waals surface area contributed by atoms with Gasteiger partial charge in [-0.3, -0.25) is 9.78 Å². The Morgan fingerprint density at radius 3 is 2.82 bits per heavy atom. The van der Waals surface area contributed by atoms with Crippen LogP contribution in [-0.2, 0) is 14.4 Å². The monoisotopic (exact) mass is 306 g/mol. The van der Waals surface area contributed by atoms with Gasteiger partial charge in [0.2, 0.25) is 5.91 Å². The van der Waals surface area contributed by atoms with Crippen molar-refractivity contribution < 1.29 is 14.4 Å². The van der Waals surface area contributed by atoms with Crippen molar-refractivity contribution in [3.63, 3.8) is 0 Å². The Labute approximate surface area is 130 Å². The highest BCUT2D eigenvalue weighted by Crippen LogP contribution is 2.21. The van der Waals surface area contributed by atoms with Crippen molar-refractivity contribution in [2.24, 2.45) is 5.92 Å². The van der Waals surface area contributed by atoms with Gasteiger partial charge >= 0.3 is 0 Å². The van der Waals surface area contributed by atoms with Gasteiger partial charge in [-0.2, -0.15) is 0 Å². The van der Waals surface area contributed by atoms with Gasteiger partial charge in [-0.05, 0) is 25.7 Å². The standard InChI is InChI=1S/C15H22N4O3/c20-15(18-22-14-3-1-2-10-21-14)12-4-8-19(9-5-12)13-11-16-6-7-17-13/h6-7,11-12,14H,1-5,8-10H2,(H,18,20). The van der Waals surface area contributed by atoms with E-state index >= 15 is 0 Å². The normalized spacial score (nSPS) is 23.3. The van der Waals surface area contributed by atoms with Crippen LogP contribution in [0.4, 0.5) is 5.82 Å². The highest BCUT2D eigenvalue weighted by atomic mass is 16.8. The molecule has 2 saturated heterocycles. The van der Waals surface area contributed by atoms with Crippen molar-refractivity contribution >= 4 is 11.7 Å². The average Bonchev–Trinajstić information content (AvgIpc) is 2.61. The molecule has 7 nitrogen and oxygen atoms in total. The van der Waals surface area contributed by atoms with Crippen LogP contribution >= 0.6 is 0 Å². The fourth-order valence-corrected chi connectivity index (χ4v) is 2.84. The summed E-state index contributed by atoms with van der Waals surface area (Å²) in [6.07, 6.45) is 9.37. The third kappa shape index (κ3) is 3.92. The Kier molecular flexibility index (Phi) is 5.18. The van der Waals surface area contributed by atoms with E-state index in [0.717, 1.165) is 51.0 Å². The van der Waals surface area contributed by atoms with Crippen LogP contribution in [0.1, 0.15) is 32.1 Å². The number of rotatable bonds is 4. The van der Waals surface area contributed by atoms with Crippen LogP contribution in [0.3, 0.4) is 0 Å². The number of nitrogens with one attached hydrogen (secondary N) is 1. The van der Waals surface area contributed by atoms with Gasteiger partial charge in [0.15, 0.2) is 6.29 Å². The lowest BCUT2D eigenvalue weighted by molar-refractivity contribution is -0.202. The summed E-state index contributed by atoms with van der Waals surface area (Å²) >= 11 is 0. The van der Waals surface area contributed by atoms with E-state index in [1.54, 1.807) is 18.6 Å². The zero-order valence-electron chi connectivity index (χ0n) is 12.6. The summed E-state index contributed by atoms with van der Waals surface area (Å²) in [5.74, 6) is 0.803. The van der Waals surface area contributed by atoms with E-state index in [4.69, 9.17) is 9.57 Å². The Hall–Kier alpha value is -1.73. The number of amides is 1. The molecule has 0 aromatic carbocycles. The molecule has 2 aliphatic rings. The van der Waals surface area contributed by atoms with Crippen molar-refractivity contribution in [2.75, 3.05) is 24.6 Å². The molecule has 2 fully saturated rings. The molecule has 0 spiro atoms. The number of hydrogen-bond acceptors (Lipinski definition) is 6. The second-order valence-electron chi connectivity index (χ2n) is 5.71. The van der Waals surface area contributed by atoms with Crippen LogP contribution in [0.25, 0.3) is 0 Å². The number of anilines is 1. The van der Waals surface area contributed by atoms with E-state index in [1.165, 1.54) is 0 Å². The third-order valence-corrected chi connectivity index (χ3v) is 4.17. The summed E-state index contributed by atoms with van der Waals surface area (Å²) in [5.41, 5.74) is 2.57. The molecule has 7 heteroatoms. The Balaban J connectivity index is 1.41. The summed E-state index contributed by atoms with van der Waals surface area (Å²) in [7, 11) is 0. The molecule has 0 bridgehead atoms. The van der Waals surface area contributed by atoms with Gasteiger partial charge in [-0.1, -0.05) is 0 Å². The predicted molar refractivity (Wildman–Crippen MR) is 79.8 cm³/mol. The highest BCUT2D eigenvalue weighted by Gasteiger charge is 2.26. The molecule has 1 amide bonds. The van der Waals surface area contributed by atoms with Gasteiger partial charge in [0, 0.05) is 44.4 Å². The first kappa shape index (κ1) is 15.2. The van der Waals surface area contributed by atoms with Gasteiger partial charge in [0.25, 0.3) is 0 Å². The minimum absolute atomic E-state index is 0.0171. The summed E-state index contributed by atoms with van der Waals surface area (Å²) in [6.45, 7) is 2.31. The first-order valence-corrected chi connectivity index (χ1v) is 7.91. The summed E-state index contributed by atoms with van der Waals surface area (Å²) < 4.78 is 5.43. The second-order valence-corrected chi connectivity index (χ2v) is 5.71. The number of hydroxylamine groups is 1. The molecule has 3 rings (SSSR count). The van der Waals surface area contributed by atoms with Crippen molar-refractivity contribution in [2.45, 2.75) is 38.4 Å². The maximum absolute atomic E-state index is 12.1. The largest absolute Gasteiger partial charge is 0.355 e. The molecule has 22 heavy (non-hydrogen) atoms. The molecule has 1 unspecified atom stereocenters. The zero-order valence-corrected chi connectivity index (χ0v) is 12.6. The van der Waals surface area contributed by atoms with E-state index < -0.39 is 0 Å². The minimum Gasteiger partial charge on any atom is -0.355 e. The molecule has 1 N–H and O–H groups in total. The molecule has 1 atom stereocenters. The molecule has 0 radical (unpaired) electrons. The number of nitrogens with zero attached hydrogens (tertiary/aromatic N) is 3. The number of aromatic nitrogens is 2. The van der Waals surface area contributed by atoms with Crippen molar-refractivity contribution in [3.8, 4) is 0 Å². The van der Waals surface area contributed by atoms with Crippen LogP contribution < -0.4 is 10.4 Å². The maximum atomic E-state index is 12.1. The fourth-order valence-electron chi connectivity index (χ4n) is 2.84. The zero-order chi connectivity index (χ0) is 15.2. The summed E-state index contributed by atoms with van der Waals surface area (Å²) in [6, 6.07) is 0. The molecule has 1 aromatic heterocycles. The smallest absolute Gasteiger partial charge is 0.246 e. The van der Waals surface area contributed by atoms with Gasteiger partial charge in [-0.15, -0.1) is 0 Å². The van der Waals surface area contributed by atoms with Crippen LogP contribution in [-0.4, -0.2) is 41.9 Å². The Morgan fingerprint density at radius 1 is 1.27 bits per heavy atom. The van der Waals surface area contributed by atoms with Gasteiger partial charge in [0.1, 0.15) is 5.82 Å².